The Morgan fingerprint density at radius 3 is 2.12 bits per heavy atom. The molecule has 2 N–H and O–H groups in total. The van der Waals surface area contributed by atoms with Crippen LogP contribution >= 0.6 is 0 Å². The number of anilines is 1. The van der Waals surface area contributed by atoms with Gasteiger partial charge in [0.05, 0.1) is 6.07 Å². The third-order valence-electron chi connectivity index (χ3n) is 2.52. The number of nitrogens with zero attached hydrogens (tertiary/aromatic N) is 1. The highest BCUT2D eigenvalue weighted by molar-refractivity contribution is 5.81. The zero-order chi connectivity index (χ0) is 12.1. The van der Waals surface area contributed by atoms with Crippen LogP contribution < -0.4 is 5.73 Å². The number of allylic oxidation sites excluding steroid dienone is 1. The topological polar surface area (TPSA) is 49.8 Å². The number of hydrogen-bond acceptors (Lipinski definition) is 2. The Bertz CT molecular complexity index is 560. The maximum absolute atomic E-state index is 8.86. The lowest BCUT2D eigenvalue weighted by Crippen LogP contribution is -1.89. The Morgan fingerprint density at radius 1 is 0.941 bits per heavy atom. The number of rotatable bonds is 2. The van der Waals surface area contributed by atoms with E-state index in [4.69, 9.17) is 11.0 Å². The van der Waals surface area contributed by atoms with Gasteiger partial charge in [-0.1, -0.05) is 42.5 Å². The van der Waals surface area contributed by atoms with Crippen LogP contribution in [0.25, 0.3) is 5.57 Å². The van der Waals surface area contributed by atoms with Crippen molar-refractivity contribution in [1.82, 2.24) is 0 Å². The van der Waals surface area contributed by atoms with E-state index in [1.54, 1.807) is 6.08 Å². The molecule has 0 atom stereocenters. The Kier molecular flexibility index (Phi) is 3.23. The molecule has 17 heavy (non-hydrogen) atoms. The van der Waals surface area contributed by atoms with Gasteiger partial charge in [-0.25, -0.2) is 0 Å². The van der Waals surface area contributed by atoms with E-state index in [1.165, 1.54) is 0 Å². The minimum atomic E-state index is 0.720. The fourth-order valence-electron chi connectivity index (χ4n) is 1.68. The van der Waals surface area contributed by atoms with Gasteiger partial charge in [0.25, 0.3) is 0 Å². The first-order chi connectivity index (χ1) is 8.31. The summed E-state index contributed by atoms with van der Waals surface area (Å²) in [6.45, 7) is 0. The summed E-state index contributed by atoms with van der Waals surface area (Å²) >= 11 is 0. The maximum atomic E-state index is 8.86. The molecule has 0 saturated heterocycles. The van der Waals surface area contributed by atoms with E-state index in [0.29, 0.717) is 0 Å². The first-order valence-electron chi connectivity index (χ1n) is 5.32. The van der Waals surface area contributed by atoms with Crippen molar-refractivity contribution in [3.8, 4) is 6.07 Å². The molecular weight excluding hydrogens is 208 g/mol. The van der Waals surface area contributed by atoms with Gasteiger partial charge < -0.3 is 5.73 Å². The van der Waals surface area contributed by atoms with Gasteiger partial charge in [0.15, 0.2) is 0 Å². The minimum absolute atomic E-state index is 0.720. The van der Waals surface area contributed by atoms with Gasteiger partial charge in [-0.2, -0.15) is 5.26 Å². The molecule has 2 heteroatoms. The molecule has 2 aromatic carbocycles. The van der Waals surface area contributed by atoms with E-state index in [9.17, 15) is 0 Å². The molecule has 0 aromatic heterocycles. The fourth-order valence-corrected chi connectivity index (χ4v) is 1.68. The van der Waals surface area contributed by atoms with Crippen molar-refractivity contribution in [1.29, 1.82) is 5.26 Å². The van der Waals surface area contributed by atoms with Crippen LogP contribution in [0.2, 0.25) is 0 Å². The number of nitriles is 1. The van der Waals surface area contributed by atoms with Gasteiger partial charge in [-0.05, 0) is 28.8 Å². The zero-order valence-corrected chi connectivity index (χ0v) is 9.30. The molecule has 0 radical (unpaired) electrons. The lowest BCUT2D eigenvalue weighted by molar-refractivity contribution is 1.51. The van der Waals surface area contributed by atoms with Crippen LogP contribution in [0.1, 0.15) is 11.1 Å². The Balaban J connectivity index is 2.48. The van der Waals surface area contributed by atoms with Crippen molar-refractivity contribution in [2.75, 3.05) is 5.73 Å². The average molecular weight is 220 g/mol. The predicted octanol–water partition coefficient (Wildman–Crippen LogP) is 3.22. The number of nitrogen functional groups attached to an aromatic ring is 1. The lowest BCUT2D eigenvalue weighted by atomic mass is 9.98. The zero-order valence-electron chi connectivity index (χ0n) is 9.30. The quantitative estimate of drug-likeness (QED) is 0.624. The predicted molar refractivity (Wildman–Crippen MR) is 70.0 cm³/mol. The average Bonchev–Trinajstić information content (AvgIpc) is 2.38. The highest BCUT2D eigenvalue weighted by atomic mass is 14.5. The van der Waals surface area contributed by atoms with Gasteiger partial charge >= 0.3 is 0 Å². The van der Waals surface area contributed by atoms with Gasteiger partial charge in [0, 0.05) is 11.8 Å². The van der Waals surface area contributed by atoms with Crippen LogP contribution in [0, 0.1) is 11.3 Å². The SMILES string of the molecule is N#C/C=C(/c1ccccc1)c1ccc(N)cc1. The molecular formula is C15H12N2. The highest BCUT2D eigenvalue weighted by Gasteiger charge is 2.03. The molecule has 0 fully saturated rings. The number of hydrogen-bond donors (Lipinski definition) is 1. The molecule has 0 heterocycles. The summed E-state index contributed by atoms with van der Waals surface area (Å²) in [5.74, 6) is 0. The summed E-state index contributed by atoms with van der Waals surface area (Å²) in [5, 5.41) is 8.86. The normalized spacial score (nSPS) is 10.9. The van der Waals surface area contributed by atoms with Crippen LogP contribution in [0.15, 0.2) is 60.7 Å². The first-order valence-corrected chi connectivity index (χ1v) is 5.32. The second kappa shape index (κ2) is 5.00. The Hall–Kier alpha value is -2.53. The summed E-state index contributed by atoms with van der Waals surface area (Å²) in [5.41, 5.74) is 9.30. The maximum Gasteiger partial charge on any atom is 0.0918 e. The highest BCUT2D eigenvalue weighted by Crippen LogP contribution is 2.23. The summed E-state index contributed by atoms with van der Waals surface area (Å²) < 4.78 is 0. The second-order valence-electron chi connectivity index (χ2n) is 3.68. The summed E-state index contributed by atoms with van der Waals surface area (Å²) in [4.78, 5) is 0. The van der Waals surface area contributed by atoms with E-state index in [0.717, 1.165) is 22.4 Å². The van der Waals surface area contributed by atoms with Crippen LogP contribution in [0.4, 0.5) is 5.69 Å². The molecule has 0 unspecified atom stereocenters. The Morgan fingerprint density at radius 2 is 1.53 bits per heavy atom. The second-order valence-corrected chi connectivity index (χ2v) is 3.68. The van der Waals surface area contributed by atoms with Crippen molar-refractivity contribution in [3.63, 3.8) is 0 Å². The molecule has 0 amide bonds. The smallest absolute Gasteiger partial charge is 0.0918 e. The van der Waals surface area contributed by atoms with Crippen molar-refractivity contribution >= 4 is 11.3 Å². The molecule has 0 aliphatic carbocycles. The van der Waals surface area contributed by atoms with Crippen molar-refractivity contribution in [2.45, 2.75) is 0 Å². The van der Waals surface area contributed by atoms with E-state index in [2.05, 4.69) is 6.07 Å². The molecule has 82 valence electrons. The van der Waals surface area contributed by atoms with Gasteiger partial charge in [0.1, 0.15) is 0 Å². The molecule has 0 bridgehead atoms. The largest absolute Gasteiger partial charge is 0.399 e. The molecule has 2 rings (SSSR count). The number of nitrogens with two attached hydrogens (primary N) is 1. The van der Waals surface area contributed by atoms with Crippen molar-refractivity contribution in [2.24, 2.45) is 0 Å². The summed E-state index contributed by atoms with van der Waals surface area (Å²) in [7, 11) is 0. The third kappa shape index (κ3) is 2.53. The van der Waals surface area contributed by atoms with Crippen LogP contribution in [0.3, 0.4) is 0 Å². The number of benzene rings is 2. The van der Waals surface area contributed by atoms with E-state index < -0.39 is 0 Å². The monoisotopic (exact) mass is 220 g/mol. The van der Waals surface area contributed by atoms with E-state index >= 15 is 0 Å². The van der Waals surface area contributed by atoms with E-state index in [1.807, 2.05) is 54.6 Å². The summed E-state index contributed by atoms with van der Waals surface area (Å²) in [6, 6.07) is 19.4. The molecule has 0 spiro atoms. The van der Waals surface area contributed by atoms with Crippen LogP contribution in [0.5, 0.6) is 0 Å². The summed E-state index contributed by atoms with van der Waals surface area (Å²) in [6.07, 6.45) is 1.56. The lowest BCUT2D eigenvalue weighted by Gasteiger charge is -2.07. The van der Waals surface area contributed by atoms with Crippen LogP contribution in [-0.4, -0.2) is 0 Å². The third-order valence-corrected chi connectivity index (χ3v) is 2.52. The molecule has 0 saturated carbocycles. The van der Waals surface area contributed by atoms with Crippen molar-refractivity contribution in [3.05, 3.63) is 71.8 Å². The minimum Gasteiger partial charge on any atom is -0.399 e. The van der Waals surface area contributed by atoms with Gasteiger partial charge in [0.2, 0.25) is 0 Å². The molecule has 0 aliphatic rings. The van der Waals surface area contributed by atoms with Crippen molar-refractivity contribution < 1.29 is 0 Å². The Labute approximate surface area is 101 Å². The van der Waals surface area contributed by atoms with Gasteiger partial charge in [-0.15, -0.1) is 0 Å². The van der Waals surface area contributed by atoms with E-state index in [-0.39, 0.29) is 0 Å². The van der Waals surface area contributed by atoms with Crippen LogP contribution in [-0.2, 0) is 0 Å². The first kappa shape index (κ1) is 11.0. The standard InChI is InChI=1S/C15H12N2/c16-11-10-15(12-4-2-1-3-5-12)13-6-8-14(17)9-7-13/h1-10H,17H2/b15-10-. The van der Waals surface area contributed by atoms with Gasteiger partial charge in [-0.3, -0.25) is 0 Å². The molecule has 2 nitrogen and oxygen atoms in total. The fraction of sp³-hybridized carbons (Fsp3) is 0. The molecule has 0 aliphatic heterocycles. The molecule has 2 aromatic rings.